The summed E-state index contributed by atoms with van der Waals surface area (Å²) in [6, 6.07) is 5.94. The van der Waals surface area contributed by atoms with E-state index in [9.17, 15) is 0 Å². The SMILES string of the molecule is Clc1cc(Br)cc(CC2CO2)c1. The van der Waals surface area contributed by atoms with E-state index in [1.165, 1.54) is 5.56 Å². The first-order valence-corrected chi connectivity index (χ1v) is 4.98. The van der Waals surface area contributed by atoms with Crippen LogP contribution in [0.1, 0.15) is 5.56 Å². The molecule has 3 heteroatoms. The summed E-state index contributed by atoms with van der Waals surface area (Å²) in [5.74, 6) is 0. The number of halogens is 2. The third-order valence-electron chi connectivity index (χ3n) is 1.79. The first kappa shape index (κ1) is 8.54. The van der Waals surface area contributed by atoms with Gasteiger partial charge in [-0.05, 0) is 23.8 Å². The van der Waals surface area contributed by atoms with Gasteiger partial charge in [0.2, 0.25) is 0 Å². The standard InChI is InChI=1S/C9H8BrClO/c10-7-1-6(2-8(11)4-7)3-9-5-12-9/h1-2,4,9H,3,5H2. The van der Waals surface area contributed by atoms with Gasteiger partial charge < -0.3 is 4.74 Å². The lowest BCUT2D eigenvalue weighted by Crippen LogP contribution is -1.92. The summed E-state index contributed by atoms with van der Waals surface area (Å²) >= 11 is 9.28. The second-order valence-corrected chi connectivity index (χ2v) is 4.29. The van der Waals surface area contributed by atoms with Crippen molar-refractivity contribution in [3.05, 3.63) is 33.3 Å². The molecule has 0 aromatic heterocycles. The number of hydrogen-bond acceptors (Lipinski definition) is 1. The van der Waals surface area contributed by atoms with Crippen molar-refractivity contribution in [1.29, 1.82) is 0 Å². The van der Waals surface area contributed by atoms with Crippen LogP contribution >= 0.6 is 27.5 Å². The third-order valence-corrected chi connectivity index (χ3v) is 2.46. The number of hydrogen-bond donors (Lipinski definition) is 0. The molecule has 0 bridgehead atoms. The predicted molar refractivity (Wildman–Crippen MR) is 52.6 cm³/mol. The smallest absolute Gasteiger partial charge is 0.0850 e. The van der Waals surface area contributed by atoms with Crippen LogP contribution in [0.2, 0.25) is 5.02 Å². The molecular formula is C9H8BrClO. The van der Waals surface area contributed by atoms with Crippen LogP contribution in [0.4, 0.5) is 0 Å². The van der Waals surface area contributed by atoms with Gasteiger partial charge in [-0.25, -0.2) is 0 Å². The van der Waals surface area contributed by atoms with Gasteiger partial charge in [0.25, 0.3) is 0 Å². The fourth-order valence-corrected chi connectivity index (χ4v) is 2.11. The van der Waals surface area contributed by atoms with Crippen molar-refractivity contribution >= 4 is 27.5 Å². The molecule has 0 saturated carbocycles. The van der Waals surface area contributed by atoms with Crippen LogP contribution in [-0.4, -0.2) is 12.7 Å². The minimum absolute atomic E-state index is 0.426. The molecule has 1 aliphatic rings. The molecule has 2 rings (SSSR count). The molecule has 1 aromatic carbocycles. The zero-order chi connectivity index (χ0) is 8.55. The van der Waals surface area contributed by atoms with Gasteiger partial charge >= 0.3 is 0 Å². The van der Waals surface area contributed by atoms with Gasteiger partial charge in [-0.1, -0.05) is 27.5 Å². The Balaban J connectivity index is 2.18. The van der Waals surface area contributed by atoms with Crippen molar-refractivity contribution < 1.29 is 4.74 Å². The molecule has 1 nitrogen and oxygen atoms in total. The Bertz CT molecular complexity index is 276. The van der Waals surface area contributed by atoms with Crippen molar-refractivity contribution in [3.63, 3.8) is 0 Å². The quantitative estimate of drug-likeness (QED) is 0.732. The summed E-state index contributed by atoms with van der Waals surface area (Å²) in [5, 5.41) is 0.778. The van der Waals surface area contributed by atoms with Crippen LogP contribution in [-0.2, 0) is 11.2 Å². The maximum atomic E-state index is 5.88. The molecule has 1 unspecified atom stereocenters. The monoisotopic (exact) mass is 246 g/mol. The van der Waals surface area contributed by atoms with Crippen molar-refractivity contribution in [2.75, 3.05) is 6.61 Å². The van der Waals surface area contributed by atoms with Gasteiger partial charge in [-0.15, -0.1) is 0 Å². The van der Waals surface area contributed by atoms with Crippen LogP contribution in [0.15, 0.2) is 22.7 Å². The summed E-state index contributed by atoms with van der Waals surface area (Å²) in [6.07, 6.45) is 1.40. The van der Waals surface area contributed by atoms with Crippen LogP contribution in [0.3, 0.4) is 0 Å². The first-order valence-electron chi connectivity index (χ1n) is 3.80. The molecule has 64 valence electrons. The van der Waals surface area contributed by atoms with E-state index in [0.29, 0.717) is 6.10 Å². The lowest BCUT2D eigenvalue weighted by molar-refractivity contribution is 0.407. The molecule has 1 fully saturated rings. The normalized spacial score (nSPS) is 21.0. The van der Waals surface area contributed by atoms with Crippen molar-refractivity contribution in [3.8, 4) is 0 Å². The second-order valence-electron chi connectivity index (χ2n) is 2.94. The Hall–Kier alpha value is -0.0500. The van der Waals surface area contributed by atoms with E-state index >= 15 is 0 Å². The van der Waals surface area contributed by atoms with Gasteiger partial charge in [0.1, 0.15) is 0 Å². The average molecular weight is 248 g/mol. The van der Waals surface area contributed by atoms with Crippen LogP contribution < -0.4 is 0 Å². The van der Waals surface area contributed by atoms with E-state index in [1.807, 2.05) is 12.1 Å². The summed E-state index contributed by atoms with van der Waals surface area (Å²) in [5.41, 5.74) is 1.23. The van der Waals surface area contributed by atoms with E-state index in [4.69, 9.17) is 16.3 Å². The van der Waals surface area contributed by atoms with Crippen LogP contribution in [0.5, 0.6) is 0 Å². The summed E-state index contributed by atoms with van der Waals surface area (Å²) in [4.78, 5) is 0. The van der Waals surface area contributed by atoms with E-state index in [1.54, 1.807) is 0 Å². The molecule has 0 radical (unpaired) electrons. The Morgan fingerprint density at radius 2 is 2.25 bits per heavy atom. The number of epoxide rings is 1. The van der Waals surface area contributed by atoms with E-state index in [-0.39, 0.29) is 0 Å². The van der Waals surface area contributed by atoms with Gasteiger partial charge in [0, 0.05) is 15.9 Å². The van der Waals surface area contributed by atoms with E-state index < -0.39 is 0 Å². The van der Waals surface area contributed by atoms with Crippen molar-refractivity contribution in [1.82, 2.24) is 0 Å². The highest BCUT2D eigenvalue weighted by Gasteiger charge is 2.22. The molecule has 0 spiro atoms. The van der Waals surface area contributed by atoms with E-state index in [2.05, 4.69) is 22.0 Å². The van der Waals surface area contributed by atoms with Gasteiger partial charge in [-0.2, -0.15) is 0 Å². The van der Waals surface area contributed by atoms with Crippen molar-refractivity contribution in [2.24, 2.45) is 0 Å². The topological polar surface area (TPSA) is 12.5 Å². The molecule has 1 saturated heterocycles. The highest BCUT2D eigenvalue weighted by Crippen LogP contribution is 2.23. The molecule has 0 N–H and O–H groups in total. The summed E-state index contributed by atoms with van der Waals surface area (Å²) in [7, 11) is 0. The number of benzene rings is 1. The number of ether oxygens (including phenoxy) is 1. The predicted octanol–water partition coefficient (Wildman–Crippen LogP) is 3.04. The molecular weight excluding hydrogens is 239 g/mol. The lowest BCUT2D eigenvalue weighted by Gasteiger charge is -1.99. The van der Waals surface area contributed by atoms with E-state index in [0.717, 1.165) is 22.5 Å². The van der Waals surface area contributed by atoms with Gasteiger partial charge in [-0.3, -0.25) is 0 Å². The highest BCUT2D eigenvalue weighted by molar-refractivity contribution is 9.10. The van der Waals surface area contributed by atoms with Gasteiger partial charge in [0.15, 0.2) is 0 Å². The summed E-state index contributed by atoms with van der Waals surface area (Å²) in [6.45, 7) is 0.893. The van der Waals surface area contributed by atoms with Gasteiger partial charge in [0.05, 0.1) is 12.7 Å². The molecule has 1 atom stereocenters. The largest absolute Gasteiger partial charge is 0.373 e. The van der Waals surface area contributed by atoms with Crippen LogP contribution in [0, 0.1) is 0 Å². The maximum Gasteiger partial charge on any atom is 0.0850 e. The Labute approximate surface area is 84.8 Å². The minimum Gasteiger partial charge on any atom is -0.373 e. The fourth-order valence-electron chi connectivity index (χ4n) is 1.18. The molecule has 1 aliphatic heterocycles. The lowest BCUT2D eigenvalue weighted by atomic mass is 10.1. The van der Waals surface area contributed by atoms with Crippen molar-refractivity contribution in [2.45, 2.75) is 12.5 Å². The highest BCUT2D eigenvalue weighted by atomic mass is 79.9. The maximum absolute atomic E-state index is 5.88. The Kier molecular flexibility index (Phi) is 2.40. The summed E-state index contributed by atoms with van der Waals surface area (Å²) < 4.78 is 6.17. The molecule has 0 amide bonds. The minimum atomic E-state index is 0.426. The zero-order valence-electron chi connectivity index (χ0n) is 6.39. The molecule has 1 aromatic rings. The second kappa shape index (κ2) is 3.36. The zero-order valence-corrected chi connectivity index (χ0v) is 8.73. The molecule has 0 aliphatic carbocycles. The third kappa shape index (κ3) is 2.22. The first-order chi connectivity index (χ1) is 5.74. The Morgan fingerprint density at radius 1 is 1.50 bits per heavy atom. The Morgan fingerprint density at radius 3 is 2.83 bits per heavy atom. The fraction of sp³-hybridized carbons (Fsp3) is 0.333. The molecule has 12 heavy (non-hydrogen) atoms. The molecule has 1 heterocycles. The van der Waals surface area contributed by atoms with Crippen LogP contribution in [0.25, 0.3) is 0 Å². The average Bonchev–Trinajstić information content (AvgIpc) is 2.68. The number of rotatable bonds is 2.